The molecule has 0 bridgehead atoms. The normalized spacial score (nSPS) is 9.89. The van der Waals surface area contributed by atoms with Crippen LogP contribution >= 0.6 is 15.9 Å². The van der Waals surface area contributed by atoms with Crippen molar-refractivity contribution in [1.29, 1.82) is 5.26 Å². The van der Waals surface area contributed by atoms with Crippen LogP contribution in [0.4, 0.5) is 11.5 Å². The molecule has 0 unspecified atom stereocenters. The number of benzene rings is 1. The highest BCUT2D eigenvalue weighted by atomic mass is 79.9. The molecule has 2 aromatic rings. The largest absolute Gasteiger partial charge is 0.329 e. The minimum atomic E-state index is 0.376. The molecule has 1 heterocycles. The van der Waals surface area contributed by atoms with E-state index in [1.54, 1.807) is 13.0 Å². The van der Waals surface area contributed by atoms with Crippen LogP contribution in [0.2, 0.25) is 0 Å². The lowest BCUT2D eigenvalue weighted by Gasteiger charge is -2.18. The lowest BCUT2D eigenvalue weighted by Crippen LogP contribution is -2.12. The third-order valence-corrected chi connectivity index (χ3v) is 3.03. The van der Waals surface area contributed by atoms with E-state index in [0.717, 1.165) is 10.2 Å². The third-order valence-electron chi connectivity index (χ3n) is 2.50. The fourth-order valence-corrected chi connectivity index (χ4v) is 1.84. The minimum Gasteiger partial charge on any atom is -0.329 e. The second-order valence-electron chi connectivity index (χ2n) is 3.81. The van der Waals surface area contributed by atoms with E-state index in [4.69, 9.17) is 5.26 Å². The van der Waals surface area contributed by atoms with Gasteiger partial charge in [-0.2, -0.15) is 5.26 Å². The first-order valence-corrected chi connectivity index (χ1v) is 6.14. The standard InChI is InChI=1S/C13H11BrN4/c1-9-16-11(8-15)7-13(17-9)18(2)12-5-3-10(14)4-6-12/h3-7H,1-2H3. The van der Waals surface area contributed by atoms with Gasteiger partial charge in [0.1, 0.15) is 23.4 Å². The van der Waals surface area contributed by atoms with Gasteiger partial charge in [-0.1, -0.05) is 15.9 Å². The Morgan fingerprint density at radius 1 is 1.22 bits per heavy atom. The van der Waals surface area contributed by atoms with Gasteiger partial charge in [-0.15, -0.1) is 0 Å². The van der Waals surface area contributed by atoms with Crippen LogP contribution in [0, 0.1) is 18.3 Å². The number of halogens is 1. The zero-order valence-corrected chi connectivity index (χ0v) is 11.6. The molecule has 5 heteroatoms. The predicted molar refractivity (Wildman–Crippen MR) is 73.7 cm³/mol. The Hall–Kier alpha value is -1.93. The van der Waals surface area contributed by atoms with Crippen LogP contribution in [-0.2, 0) is 0 Å². The molecule has 1 aromatic heterocycles. The van der Waals surface area contributed by atoms with Crippen molar-refractivity contribution in [3.05, 3.63) is 46.3 Å². The zero-order chi connectivity index (χ0) is 13.1. The van der Waals surface area contributed by atoms with Gasteiger partial charge in [-0.3, -0.25) is 0 Å². The molecule has 0 saturated heterocycles. The molecule has 0 aliphatic heterocycles. The molecule has 0 N–H and O–H groups in total. The van der Waals surface area contributed by atoms with Crippen LogP contribution in [0.25, 0.3) is 0 Å². The summed E-state index contributed by atoms with van der Waals surface area (Å²) in [6, 6.07) is 11.6. The molecule has 0 radical (unpaired) electrons. The van der Waals surface area contributed by atoms with Gasteiger partial charge >= 0.3 is 0 Å². The summed E-state index contributed by atoms with van der Waals surface area (Å²) in [6.45, 7) is 1.78. The molecule has 1 aromatic carbocycles. The molecule has 90 valence electrons. The molecule has 18 heavy (non-hydrogen) atoms. The summed E-state index contributed by atoms with van der Waals surface area (Å²) >= 11 is 3.40. The van der Waals surface area contributed by atoms with Gasteiger partial charge < -0.3 is 4.90 Å². The zero-order valence-electron chi connectivity index (χ0n) is 10.1. The molecule has 0 atom stereocenters. The quantitative estimate of drug-likeness (QED) is 0.855. The molecule has 0 saturated carbocycles. The molecule has 0 aliphatic rings. The van der Waals surface area contributed by atoms with E-state index in [1.807, 2.05) is 42.3 Å². The first-order chi connectivity index (χ1) is 8.60. The summed E-state index contributed by atoms with van der Waals surface area (Å²) in [6.07, 6.45) is 0. The van der Waals surface area contributed by atoms with Crippen LogP contribution in [-0.4, -0.2) is 17.0 Å². The Labute approximate surface area is 114 Å². The number of rotatable bonds is 2. The van der Waals surface area contributed by atoms with Gasteiger partial charge in [0.2, 0.25) is 0 Å². The minimum absolute atomic E-state index is 0.376. The van der Waals surface area contributed by atoms with Crippen LogP contribution in [0.5, 0.6) is 0 Å². The van der Waals surface area contributed by atoms with Gasteiger partial charge in [0.25, 0.3) is 0 Å². The number of hydrogen-bond donors (Lipinski definition) is 0. The monoisotopic (exact) mass is 302 g/mol. The number of hydrogen-bond acceptors (Lipinski definition) is 4. The molecule has 0 spiro atoms. The topological polar surface area (TPSA) is 52.8 Å². The Morgan fingerprint density at radius 3 is 2.50 bits per heavy atom. The van der Waals surface area contributed by atoms with Gasteiger partial charge in [0.15, 0.2) is 0 Å². The average Bonchev–Trinajstić information content (AvgIpc) is 2.38. The highest BCUT2D eigenvalue weighted by Gasteiger charge is 2.08. The summed E-state index contributed by atoms with van der Waals surface area (Å²) in [5.41, 5.74) is 1.38. The van der Waals surface area contributed by atoms with Crippen molar-refractivity contribution in [2.24, 2.45) is 0 Å². The summed E-state index contributed by atoms with van der Waals surface area (Å²) in [4.78, 5) is 10.3. The molecule has 0 amide bonds. The second-order valence-corrected chi connectivity index (χ2v) is 4.72. The molecular weight excluding hydrogens is 292 g/mol. The number of anilines is 2. The van der Waals surface area contributed by atoms with Crippen molar-refractivity contribution in [3.8, 4) is 6.07 Å². The van der Waals surface area contributed by atoms with E-state index in [1.165, 1.54) is 0 Å². The Bertz CT molecular complexity index is 601. The second kappa shape index (κ2) is 5.15. The van der Waals surface area contributed by atoms with Crippen molar-refractivity contribution in [3.63, 3.8) is 0 Å². The van der Waals surface area contributed by atoms with E-state index in [9.17, 15) is 0 Å². The predicted octanol–water partition coefficient (Wildman–Crippen LogP) is 3.19. The third kappa shape index (κ3) is 2.66. The smallest absolute Gasteiger partial charge is 0.146 e. The van der Waals surface area contributed by atoms with E-state index in [0.29, 0.717) is 17.3 Å². The first kappa shape index (κ1) is 12.5. The Balaban J connectivity index is 2.39. The SMILES string of the molecule is Cc1nc(C#N)cc(N(C)c2ccc(Br)cc2)n1. The van der Waals surface area contributed by atoms with E-state index in [-0.39, 0.29) is 0 Å². The molecule has 0 aliphatic carbocycles. The van der Waals surface area contributed by atoms with E-state index < -0.39 is 0 Å². The van der Waals surface area contributed by atoms with Crippen molar-refractivity contribution < 1.29 is 0 Å². The van der Waals surface area contributed by atoms with Crippen molar-refractivity contribution in [2.75, 3.05) is 11.9 Å². The highest BCUT2D eigenvalue weighted by molar-refractivity contribution is 9.10. The molecule has 4 nitrogen and oxygen atoms in total. The molecule has 2 rings (SSSR count). The molecule has 0 fully saturated rings. The van der Waals surface area contributed by atoms with Crippen LogP contribution in [0.3, 0.4) is 0 Å². The lowest BCUT2D eigenvalue weighted by molar-refractivity contribution is 1.000. The van der Waals surface area contributed by atoms with Crippen molar-refractivity contribution in [1.82, 2.24) is 9.97 Å². The number of nitrogens with zero attached hydrogens (tertiary/aromatic N) is 4. The maximum absolute atomic E-state index is 8.91. The maximum Gasteiger partial charge on any atom is 0.146 e. The lowest BCUT2D eigenvalue weighted by atomic mass is 10.3. The summed E-state index contributed by atoms with van der Waals surface area (Å²) in [7, 11) is 1.91. The van der Waals surface area contributed by atoms with Gasteiger partial charge in [0, 0.05) is 23.3 Å². The van der Waals surface area contributed by atoms with Gasteiger partial charge in [-0.05, 0) is 31.2 Å². The average molecular weight is 303 g/mol. The van der Waals surface area contributed by atoms with E-state index >= 15 is 0 Å². The maximum atomic E-state index is 8.91. The Kier molecular flexibility index (Phi) is 3.58. The van der Waals surface area contributed by atoms with Crippen LogP contribution in [0.15, 0.2) is 34.8 Å². The van der Waals surface area contributed by atoms with Gasteiger partial charge in [-0.25, -0.2) is 9.97 Å². The first-order valence-electron chi connectivity index (χ1n) is 5.35. The Morgan fingerprint density at radius 2 is 1.89 bits per heavy atom. The molecular formula is C13H11BrN4. The van der Waals surface area contributed by atoms with Gasteiger partial charge in [0.05, 0.1) is 0 Å². The fourth-order valence-electron chi connectivity index (χ4n) is 1.58. The van der Waals surface area contributed by atoms with Crippen LogP contribution in [0.1, 0.15) is 11.5 Å². The van der Waals surface area contributed by atoms with Crippen LogP contribution < -0.4 is 4.90 Å². The van der Waals surface area contributed by atoms with Crippen molar-refractivity contribution >= 4 is 27.4 Å². The van der Waals surface area contributed by atoms with E-state index in [2.05, 4.69) is 25.9 Å². The summed E-state index contributed by atoms with van der Waals surface area (Å²) < 4.78 is 1.02. The van der Waals surface area contributed by atoms with Crippen molar-refractivity contribution in [2.45, 2.75) is 6.92 Å². The number of aromatic nitrogens is 2. The summed E-state index contributed by atoms with van der Waals surface area (Å²) in [5.74, 6) is 1.30. The summed E-state index contributed by atoms with van der Waals surface area (Å²) in [5, 5.41) is 8.91. The fraction of sp³-hybridized carbons (Fsp3) is 0.154. The number of aryl methyl sites for hydroxylation is 1. The highest BCUT2D eigenvalue weighted by Crippen LogP contribution is 2.23. The number of nitriles is 1.